The maximum Gasteiger partial charge on any atom is 0.326 e. The lowest BCUT2D eigenvalue weighted by Gasteiger charge is -2.20. The van der Waals surface area contributed by atoms with Gasteiger partial charge in [-0.2, -0.15) is 0 Å². The summed E-state index contributed by atoms with van der Waals surface area (Å²) in [5.74, 6) is -4.76. The number of pyridine rings is 1. The number of anilines is 1. The van der Waals surface area contributed by atoms with Crippen LogP contribution in [0.15, 0.2) is 67.0 Å². The van der Waals surface area contributed by atoms with Crippen LogP contribution in [0, 0.1) is 18.6 Å². The van der Waals surface area contributed by atoms with Gasteiger partial charge in [0.1, 0.15) is 23.2 Å². The van der Waals surface area contributed by atoms with Gasteiger partial charge in [0.15, 0.2) is 11.6 Å². The Morgan fingerprint density at radius 2 is 1.70 bits per heavy atom. The fraction of sp³-hybridized carbons (Fsp3) is 0.242. The molecule has 2 aromatic heterocycles. The molecule has 11 nitrogen and oxygen atoms in total. The van der Waals surface area contributed by atoms with E-state index in [1.165, 1.54) is 54.9 Å². The van der Waals surface area contributed by atoms with Crippen molar-refractivity contribution in [1.29, 1.82) is 0 Å². The van der Waals surface area contributed by atoms with Gasteiger partial charge in [-0.05, 0) is 82.1 Å². The first kappa shape index (κ1) is 33.3. The molecule has 0 bridgehead atoms. The molecular formula is C33H32F2N4O7. The SMILES string of the molecule is Cc1ccc(F)c(NC(=O)c2ccc(F)c(Oc3ccnc(-c4cc(C(=O)N[C@@H](CCC(=O)OC(C)(C)C)C(=O)O)c[nH]4)c3)c2)c1. The van der Waals surface area contributed by atoms with Crippen LogP contribution in [0.1, 0.15) is 59.9 Å². The van der Waals surface area contributed by atoms with Crippen LogP contribution in [-0.4, -0.2) is 50.5 Å². The van der Waals surface area contributed by atoms with E-state index in [2.05, 4.69) is 20.6 Å². The minimum absolute atomic E-state index is 0.0196. The smallest absolute Gasteiger partial charge is 0.326 e. The molecule has 4 rings (SSSR count). The van der Waals surface area contributed by atoms with Crippen LogP contribution in [0.3, 0.4) is 0 Å². The number of H-pyrrole nitrogens is 1. The van der Waals surface area contributed by atoms with Gasteiger partial charge in [0.05, 0.1) is 22.6 Å². The molecule has 0 saturated carbocycles. The second-order valence-corrected chi connectivity index (χ2v) is 11.4. The number of aliphatic carboxylic acids is 1. The first-order valence-corrected chi connectivity index (χ1v) is 14.1. The molecule has 0 saturated heterocycles. The summed E-state index contributed by atoms with van der Waals surface area (Å²) < 4.78 is 39.7. The predicted molar refractivity (Wildman–Crippen MR) is 164 cm³/mol. The van der Waals surface area contributed by atoms with Gasteiger partial charge in [0.25, 0.3) is 11.8 Å². The average Bonchev–Trinajstić information content (AvgIpc) is 3.48. The van der Waals surface area contributed by atoms with E-state index in [-0.39, 0.29) is 41.2 Å². The topological polar surface area (TPSA) is 160 Å². The Morgan fingerprint density at radius 3 is 2.41 bits per heavy atom. The number of benzene rings is 2. The monoisotopic (exact) mass is 634 g/mol. The Hall–Kier alpha value is -5.59. The number of nitrogens with zero attached hydrogens (tertiary/aromatic N) is 1. The third kappa shape index (κ3) is 8.97. The van der Waals surface area contributed by atoms with E-state index >= 15 is 0 Å². The van der Waals surface area contributed by atoms with Gasteiger partial charge in [-0.15, -0.1) is 0 Å². The van der Waals surface area contributed by atoms with Crippen molar-refractivity contribution >= 4 is 29.4 Å². The highest BCUT2D eigenvalue weighted by atomic mass is 19.1. The molecule has 0 spiro atoms. The van der Waals surface area contributed by atoms with E-state index in [4.69, 9.17) is 9.47 Å². The van der Waals surface area contributed by atoms with Crippen LogP contribution < -0.4 is 15.4 Å². The molecule has 2 heterocycles. The molecule has 1 atom stereocenters. The number of hydrogen-bond donors (Lipinski definition) is 4. The molecule has 0 aliphatic heterocycles. The molecule has 2 amide bonds. The number of halogens is 2. The molecule has 0 radical (unpaired) electrons. The zero-order chi connectivity index (χ0) is 33.6. The van der Waals surface area contributed by atoms with E-state index < -0.39 is 47.0 Å². The lowest BCUT2D eigenvalue weighted by Crippen LogP contribution is -2.41. The molecule has 2 aromatic carbocycles. The van der Waals surface area contributed by atoms with Crippen molar-refractivity contribution in [3.05, 3.63) is 95.3 Å². The van der Waals surface area contributed by atoms with Crippen molar-refractivity contribution in [2.75, 3.05) is 5.32 Å². The number of aromatic amines is 1. The van der Waals surface area contributed by atoms with Gasteiger partial charge in [0, 0.05) is 30.4 Å². The number of hydrogen-bond acceptors (Lipinski definition) is 7. The maximum absolute atomic E-state index is 14.7. The Labute approximate surface area is 263 Å². The Morgan fingerprint density at radius 1 is 0.957 bits per heavy atom. The summed E-state index contributed by atoms with van der Waals surface area (Å²) in [7, 11) is 0. The van der Waals surface area contributed by atoms with E-state index in [1.807, 2.05) is 0 Å². The van der Waals surface area contributed by atoms with E-state index in [0.717, 1.165) is 11.6 Å². The van der Waals surface area contributed by atoms with Crippen LogP contribution in [0.2, 0.25) is 0 Å². The summed E-state index contributed by atoms with van der Waals surface area (Å²) >= 11 is 0. The summed E-state index contributed by atoms with van der Waals surface area (Å²) in [5, 5.41) is 14.4. The zero-order valence-corrected chi connectivity index (χ0v) is 25.4. The summed E-state index contributed by atoms with van der Waals surface area (Å²) in [6.45, 7) is 6.82. The van der Waals surface area contributed by atoms with E-state index in [1.54, 1.807) is 33.8 Å². The number of carbonyl (C=O) groups excluding carboxylic acids is 3. The largest absolute Gasteiger partial charge is 0.480 e. The van der Waals surface area contributed by atoms with Gasteiger partial charge in [-0.1, -0.05) is 6.07 Å². The molecule has 13 heteroatoms. The number of nitrogens with one attached hydrogen (secondary N) is 3. The highest BCUT2D eigenvalue weighted by molar-refractivity contribution is 6.04. The summed E-state index contributed by atoms with van der Waals surface area (Å²) in [6, 6.07) is 10.7. The minimum Gasteiger partial charge on any atom is -0.480 e. The van der Waals surface area contributed by atoms with Crippen molar-refractivity contribution in [3.8, 4) is 22.9 Å². The molecular weight excluding hydrogens is 602 g/mol. The van der Waals surface area contributed by atoms with E-state index in [0.29, 0.717) is 11.4 Å². The van der Waals surface area contributed by atoms with Crippen LogP contribution in [0.4, 0.5) is 14.5 Å². The molecule has 0 aliphatic carbocycles. The number of aryl methyl sites for hydroxylation is 1. The summed E-state index contributed by atoms with van der Waals surface area (Å²) in [4.78, 5) is 56.4. The molecule has 46 heavy (non-hydrogen) atoms. The number of ether oxygens (including phenoxy) is 2. The second kappa shape index (κ2) is 14.0. The molecule has 0 aliphatic rings. The van der Waals surface area contributed by atoms with Gasteiger partial charge < -0.3 is 30.2 Å². The number of carboxylic acid groups (broad SMARTS) is 1. The quantitative estimate of drug-likeness (QED) is 0.146. The van der Waals surface area contributed by atoms with Crippen molar-refractivity contribution in [1.82, 2.24) is 15.3 Å². The first-order valence-electron chi connectivity index (χ1n) is 14.1. The van der Waals surface area contributed by atoms with E-state index in [9.17, 15) is 33.1 Å². The van der Waals surface area contributed by atoms with Crippen LogP contribution in [-0.2, 0) is 14.3 Å². The molecule has 240 valence electrons. The van der Waals surface area contributed by atoms with Crippen molar-refractivity contribution in [3.63, 3.8) is 0 Å². The fourth-order valence-electron chi connectivity index (χ4n) is 4.23. The first-order chi connectivity index (χ1) is 21.7. The molecule has 4 N–H and O–H groups in total. The Bertz CT molecular complexity index is 1780. The van der Waals surface area contributed by atoms with Crippen molar-refractivity contribution in [2.24, 2.45) is 0 Å². The minimum atomic E-state index is -1.34. The fourth-order valence-corrected chi connectivity index (χ4v) is 4.23. The third-order valence-corrected chi connectivity index (χ3v) is 6.40. The Kier molecular flexibility index (Phi) is 10.1. The van der Waals surface area contributed by atoms with Gasteiger partial charge >= 0.3 is 11.9 Å². The standard InChI is InChI=1S/C33H32F2N4O7/c1-18-5-7-22(34)25(13-18)39-30(41)19-6-8-23(35)28(15-19)45-21-11-12-36-27(16-21)26-14-20(17-37-26)31(42)38-24(32(43)44)9-10-29(40)46-33(2,3)4/h5-8,11-17,24,37H,9-10H2,1-4H3,(H,38,42)(H,39,41)(H,43,44)/t24-/m0/s1. The number of carbonyl (C=O) groups is 4. The molecule has 0 unspecified atom stereocenters. The average molecular weight is 635 g/mol. The number of esters is 1. The van der Waals surface area contributed by atoms with Crippen LogP contribution in [0.25, 0.3) is 11.4 Å². The highest BCUT2D eigenvalue weighted by Crippen LogP contribution is 2.29. The predicted octanol–water partition coefficient (Wildman–Crippen LogP) is 6.01. The maximum atomic E-state index is 14.7. The number of aromatic nitrogens is 2. The van der Waals surface area contributed by atoms with Crippen molar-refractivity contribution in [2.45, 2.75) is 52.2 Å². The zero-order valence-electron chi connectivity index (χ0n) is 25.4. The van der Waals surface area contributed by atoms with Gasteiger partial charge in [-0.3, -0.25) is 19.4 Å². The number of amides is 2. The van der Waals surface area contributed by atoms with Crippen LogP contribution in [0.5, 0.6) is 11.5 Å². The van der Waals surface area contributed by atoms with Gasteiger partial charge in [0.2, 0.25) is 0 Å². The molecule has 0 fully saturated rings. The Balaban J connectivity index is 1.44. The lowest BCUT2D eigenvalue weighted by atomic mass is 10.1. The van der Waals surface area contributed by atoms with Gasteiger partial charge in [-0.25, -0.2) is 13.6 Å². The number of rotatable bonds is 11. The third-order valence-electron chi connectivity index (χ3n) is 6.40. The second-order valence-electron chi connectivity index (χ2n) is 11.4. The van der Waals surface area contributed by atoms with Crippen LogP contribution >= 0.6 is 0 Å². The summed E-state index contributed by atoms with van der Waals surface area (Å²) in [5.41, 5.74) is 0.788. The van der Waals surface area contributed by atoms with Crippen molar-refractivity contribution < 1.29 is 42.5 Å². The lowest BCUT2D eigenvalue weighted by molar-refractivity contribution is -0.155. The highest BCUT2D eigenvalue weighted by Gasteiger charge is 2.24. The summed E-state index contributed by atoms with van der Waals surface area (Å²) in [6.07, 6.45) is 2.36. The number of carboxylic acids is 1. The molecule has 4 aromatic rings. The normalized spacial score (nSPS) is 11.8.